The van der Waals surface area contributed by atoms with Gasteiger partial charge in [0.25, 0.3) is 0 Å². The number of carbonyl (C=O) groups is 2. The van der Waals surface area contributed by atoms with Gasteiger partial charge in [-0.1, -0.05) is 37.6 Å². The van der Waals surface area contributed by atoms with Crippen molar-refractivity contribution in [3.63, 3.8) is 0 Å². The zero-order chi connectivity index (χ0) is 22.6. The fraction of sp³-hybridized carbons (Fsp3) is 0.455. The monoisotopic (exact) mass is 428 g/mol. The summed E-state index contributed by atoms with van der Waals surface area (Å²) in [5.74, 6) is 0.594. The normalized spacial score (nSPS) is 10.7. The molecule has 0 saturated heterocycles. The van der Waals surface area contributed by atoms with Crippen molar-refractivity contribution >= 4 is 30.0 Å². The summed E-state index contributed by atoms with van der Waals surface area (Å²) in [7, 11) is 3.62. The number of nitrogen functional groups attached to an aromatic ring is 1. The van der Waals surface area contributed by atoms with Crippen molar-refractivity contribution in [3.05, 3.63) is 35.4 Å². The standard InChI is InChI=1S/C22H32N6O3/c1-4-5-14-31-22-25-20(23)19(24-2)21(26-22)28(16-30)15-18-8-6-17(7-9-18)10-11-27(3)12-13-29/h6-9,13,16,24H,4-5,10-12,14-15H2,1-3H3,(H2,23,25,26). The van der Waals surface area contributed by atoms with E-state index in [2.05, 4.69) is 22.2 Å². The molecule has 3 N–H and O–H groups in total. The van der Waals surface area contributed by atoms with Crippen LogP contribution in [0.2, 0.25) is 0 Å². The molecular weight excluding hydrogens is 396 g/mol. The lowest BCUT2D eigenvalue weighted by atomic mass is 10.1. The van der Waals surface area contributed by atoms with E-state index in [1.165, 1.54) is 4.90 Å². The quantitative estimate of drug-likeness (QED) is 0.347. The number of benzene rings is 1. The number of aldehydes is 1. The highest BCUT2D eigenvalue weighted by Crippen LogP contribution is 2.30. The topological polar surface area (TPSA) is 114 Å². The van der Waals surface area contributed by atoms with E-state index in [4.69, 9.17) is 10.5 Å². The first-order valence-corrected chi connectivity index (χ1v) is 10.4. The van der Waals surface area contributed by atoms with E-state index < -0.39 is 0 Å². The van der Waals surface area contributed by atoms with Gasteiger partial charge in [-0.05, 0) is 31.0 Å². The van der Waals surface area contributed by atoms with Crippen LogP contribution < -0.4 is 20.7 Å². The highest BCUT2D eigenvalue weighted by molar-refractivity contribution is 5.85. The molecule has 0 bridgehead atoms. The van der Waals surface area contributed by atoms with Crippen LogP contribution >= 0.6 is 0 Å². The van der Waals surface area contributed by atoms with Crippen LogP contribution in [0.15, 0.2) is 24.3 Å². The molecule has 0 radical (unpaired) electrons. The van der Waals surface area contributed by atoms with Gasteiger partial charge in [0.2, 0.25) is 6.41 Å². The molecule has 0 aliphatic carbocycles. The summed E-state index contributed by atoms with van der Waals surface area (Å²) in [6.45, 7) is 4.10. The molecule has 1 heterocycles. The van der Waals surface area contributed by atoms with Gasteiger partial charge in [-0.2, -0.15) is 9.97 Å². The second-order valence-corrected chi connectivity index (χ2v) is 7.27. The molecule has 0 spiro atoms. The number of carbonyl (C=O) groups excluding carboxylic acids is 2. The Kier molecular flexibility index (Phi) is 9.70. The Labute approximate surface area is 183 Å². The number of ether oxygens (including phenoxy) is 1. The minimum atomic E-state index is 0.154. The molecule has 0 atom stereocenters. The maximum absolute atomic E-state index is 11.9. The van der Waals surface area contributed by atoms with E-state index in [1.807, 2.05) is 36.2 Å². The molecule has 0 aliphatic rings. The predicted octanol–water partition coefficient (Wildman–Crippen LogP) is 2.12. The number of hydrogen-bond acceptors (Lipinski definition) is 8. The maximum atomic E-state index is 11.9. The fourth-order valence-electron chi connectivity index (χ4n) is 2.97. The van der Waals surface area contributed by atoms with Gasteiger partial charge in [0, 0.05) is 13.6 Å². The number of nitrogens with zero attached hydrogens (tertiary/aromatic N) is 4. The fourth-order valence-corrected chi connectivity index (χ4v) is 2.97. The van der Waals surface area contributed by atoms with Crippen LogP contribution in [-0.4, -0.2) is 61.4 Å². The molecule has 9 nitrogen and oxygen atoms in total. The molecule has 1 aromatic carbocycles. The van der Waals surface area contributed by atoms with Crippen molar-refractivity contribution in [3.8, 4) is 6.01 Å². The Morgan fingerprint density at radius 2 is 1.87 bits per heavy atom. The van der Waals surface area contributed by atoms with Crippen molar-refractivity contribution in [2.24, 2.45) is 0 Å². The summed E-state index contributed by atoms with van der Waals surface area (Å²) < 4.78 is 5.59. The lowest BCUT2D eigenvalue weighted by molar-refractivity contribution is -0.109. The third-order valence-electron chi connectivity index (χ3n) is 4.82. The molecule has 1 amide bonds. The number of aromatic nitrogens is 2. The van der Waals surface area contributed by atoms with E-state index in [9.17, 15) is 9.59 Å². The molecule has 31 heavy (non-hydrogen) atoms. The first kappa shape index (κ1) is 24.1. The number of likely N-dealkylation sites (N-methyl/N-ethyl adjacent to an activating group) is 1. The zero-order valence-electron chi connectivity index (χ0n) is 18.5. The number of nitrogens with one attached hydrogen (secondary N) is 1. The highest BCUT2D eigenvalue weighted by Gasteiger charge is 2.18. The van der Waals surface area contributed by atoms with Gasteiger partial charge in [0.05, 0.1) is 19.7 Å². The number of unbranched alkanes of at least 4 members (excludes halogenated alkanes) is 1. The van der Waals surface area contributed by atoms with E-state index in [-0.39, 0.29) is 11.8 Å². The van der Waals surface area contributed by atoms with Gasteiger partial charge in [-0.15, -0.1) is 0 Å². The van der Waals surface area contributed by atoms with Crippen LogP contribution in [0.5, 0.6) is 6.01 Å². The molecule has 1 aromatic heterocycles. The van der Waals surface area contributed by atoms with Crippen LogP contribution in [0.1, 0.15) is 30.9 Å². The molecular formula is C22H32N6O3. The minimum Gasteiger partial charge on any atom is -0.463 e. The number of anilines is 3. The van der Waals surface area contributed by atoms with Gasteiger partial charge in [0.1, 0.15) is 12.0 Å². The van der Waals surface area contributed by atoms with Crippen LogP contribution in [0.4, 0.5) is 17.3 Å². The maximum Gasteiger partial charge on any atom is 0.320 e. The number of hydrogen-bond donors (Lipinski definition) is 2. The molecule has 168 valence electrons. The lowest BCUT2D eigenvalue weighted by Gasteiger charge is -2.21. The van der Waals surface area contributed by atoms with Crippen LogP contribution in [-0.2, 0) is 22.6 Å². The molecule has 0 fully saturated rings. The summed E-state index contributed by atoms with van der Waals surface area (Å²) in [5.41, 5.74) is 8.65. The molecule has 0 unspecified atom stereocenters. The van der Waals surface area contributed by atoms with E-state index >= 15 is 0 Å². The van der Waals surface area contributed by atoms with Crippen LogP contribution in [0, 0.1) is 0 Å². The average molecular weight is 429 g/mol. The first-order valence-electron chi connectivity index (χ1n) is 10.4. The van der Waals surface area contributed by atoms with Crippen LogP contribution in [0.25, 0.3) is 0 Å². The predicted molar refractivity (Wildman–Crippen MR) is 122 cm³/mol. The van der Waals surface area contributed by atoms with Gasteiger partial charge >= 0.3 is 6.01 Å². The third-order valence-corrected chi connectivity index (χ3v) is 4.82. The van der Waals surface area contributed by atoms with Gasteiger partial charge in [-0.3, -0.25) is 14.6 Å². The second kappa shape index (κ2) is 12.5. The summed E-state index contributed by atoms with van der Waals surface area (Å²) in [6, 6.07) is 8.17. The molecule has 0 aliphatic heterocycles. The Balaban J connectivity index is 2.14. The molecule has 2 rings (SSSR count). The molecule has 0 saturated carbocycles. The van der Waals surface area contributed by atoms with Crippen molar-refractivity contribution in [2.75, 3.05) is 49.7 Å². The summed E-state index contributed by atoms with van der Waals surface area (Å²) in [5, 5.41) is 2.97. The number of amides is 1. The Morgan fingerprint density at radius 1 is 1.16 bits per heavy atom. The Bertz CT molecular complexity index is 844. The second-order valence-electron chi connectivity index (χ2n) is 7.27. The van der Waals surface area contributed by atoms with Crippen molar-refractivity contribution in [2.45, 2.75) is 32.7 Å². The zero-order valence-corrected chi connectivity index (χ0v) is 18.5. The van der Waals surface area contributed by atoms with Crippen molar-refractivity contribution in [1.82, 2.24) is 14.9 Å². The number of nitrogens with two attached hydrogens (primary N) is 1. The smallest absolute Gasteiger partial charge is 0.320 e. The Morgan fingerprint density at radius 3 is 2.48 bits per heavy atom. The van der Waals surface area contributed by atoms with Gasteiger partial charge in [-0.25, -0.2) is 0 Å². The van der Waals surface area contributed by atoms with Crippen molar-refractivity contribution < 1.29 is 14.3 Å². The number of rotatable bonds is 14. The first-order chi connectivity index (χ1) is 15.0. The van der Waals surface area contributed by atoms with Crippen LogP contribution in [0.3, 0.4) is 0 Å². The summed E-state index contributed by atoms with van der Waals surface area (Å²) in [4.78, 5) is 34.5. The Hall–Kier alpha value is -3.20. The minimum absolute atomic E-state index is 0.154. The van der Waals surface area contributed by atoms with Gasteiger partial charge < -0.3 is 20.6 Å². The SMILES string of the molecule is CCCCOc1nc(N)c(NC)c(N(C=O)Cc2ccc(CCN(C)CC=O)cc2)n1. The van der Waals surface area contributed by atoms with E-state index in [0.717, 1.165) is 49.6 Å². The molecule has 2 aromatic rings. The lowest BCUT2D eigenvalue weighted by Crippen LogP contribution is -2.24. The van der Waals surface area contributed by atoms with E-state index in [1.54, 1.807) is 7.05 Å². The average Bonchev–Trinajstić information content (AvgIpc) is 2.77. The van der Waals surface area contributed by atoms with Crippen molar-refractivity contribution in [1.29, 1.82) is 0 Å². The summed E-state index contributed by atoms with van der Waals surface area (Å²) in [6.07, 6.45) is 4.33. The van der Waals surface area contributed by atoms with Gasteiger partial charge in [0.15, 0.2) is 11.6 Å². The third kappa shape index (κ3) is 7.21. The highest BCUT2D eigenvalue weighted by atomic mass is 16.5. The largest absolute Gasteiger partial charge is 0.463 e. The van der Waals surface area contributed by atoms with E-state index in [0.29, 0.717) is 31.2 Å². The summed E-state index contributed by atoms with van der Waals surface area (Å²) >= 11 is 0. The molecule has 9 heteroatoms.